The molecule has 0 aliphatic heterocycles. The number of hydrogen-bond acceptors (Lipinski definition) is 5. The van der Waals surface area contributed by atoms with Crippen LogP contribution in [-0.2, 0) is 6.54 Å². The normalized spacial score (nSPS) is 10.7. The molecule has 200 valence electrons. The molecule has 9 heteroatoms. The smallest absolute Gasteiger partial charge is 0.400 e. The van der Waals surface area contributed by atoms with Gasteiger partial charge in [-0.2, -0.15) is 5.10 Å². The number of carbonyl (C=O) groups excluding carboxylic acids is 1. The molecule has 0 saturated heterocycles. The van der Waals surface area contributed by atoms with Crippen molar-refractivity contribution in [2.24, 2.45) is 10.8 Å². The van der Waals surface area contributed by atoms with E-state index < -0.39 is 16.8 Å². The van der Waals surface area contributed by atoms with Gasteiger partial charge in [0.05, 0.1) is 12.3 Å². The predicted octanol–water partition coefficient (Wildman–Crippen LogP) is 6.65. The Bertz CT molecular complexity index is 855. The van der Waals surface area contributed by atoms with Crippen LogP contribution in [0.25, 0.3) is 0 Å². The lowest BCUT2D eigenvalue weighted by Gasteiger charge is -2.02. The van der Waals surface area contributed by atoms with Crippen LogP contribution in [0.3, 0.4) is 0 Å². The molecule has 3 N–H and O–H groups in total. The quantitative estimate of drug-likeness (QED) is 0.0777. The second-order valence-corrected chi connectivity index (χ2v) is 8.88. The number of primary amides is 1. The van der Waals surface area contributed by atoms with Crippen molar-refractivity contribution in [1.29, 1.82) is 0 Å². The van der Waals surface area contributed by atoms with Crippen LogP contribution in [0.2, 0.25) is 0 Å². The summed E-state index contributed by atoms with van der Waals surface area (Å²) in [6.45, 7) is 3.47. The van der Waals surface area contributed by atoms with Gasteiger partial charge in [0.2, 0.25) is 0 Å². The van der Waals surface area contributed by atoms with Crippen LogP contribution in [-0.4, -0.2) is 17.2 Å². The lowest BCUT2D eigenvalue weighted by atomic mass is 10.0. The Labute approximate surface area is 215 Å². The Hall–Kier alpha value is -3.23. The second-order valence-electron chi connectivity index (χ2n) is 8.88. The predicted molar refractivity (Wildman–Crippen MR) is 143 cm³/mol. The molecule has 0 aliphatic rings. The summed E-state index contributed by atoms with van der Waals surface area (Å²) in [6.07, 6.45) is 25.5. The van der Waals surface area contributed by atoms with E-state index in [2.05, 4.69) is 51.6 Å². The molecular weight excluding hydrogens is 458 g/mol. The minimum Gasteiger partial charge on any atom is -0.400 e. The van der Waals surface area contributed by atoms with Gasteiger partial charge >= 0.3 is 11.9 Å². The van der Waals surface area contributed by atoms with Gasteiger partial charge in [-0.1, -0.05) is 90.0 Å². The van der Waals surface area contributed by atoms with Crippen molar-refractivity contribution in [3.8, 4) is 0 Å². The fraction of sp³-hybridized carbons (Fsp3) is 0.593. The maximum atomic E-state index is 10.2. The van der Waals surface area contributed by atoms with Gasteiger partial charge in [-0.25, -0.2) is 14.8 Å². The average Bonchev–Trinajstić information content (AvgIpc) is 3.34. The van der Waals surface area contributed by atoms with Crippen LogP contribution in [0.4, 0.5) is 10.7 Å². The SMILES string of the molecule is CCCCCCCCCCCCCCCC[n+]1ccccc1.NC(=O)N/N=C/c1ccc([N+](=O)[O-])o1. The van der Waals surface area contributed by atoms with Crippen molar-refractivity contribution in [3.63, 3.8) is 0 Å². The highest BCUT2D eigenvalue weighted by Crippen LogP contribution is 2.14. The first-order valence-corrected chi connectivity index (χ1v) is 13.3. The van der Waals surface area contributed by atoms with Gasteiger partial charge in [-0.15, -0.1) is 0 Å². The largest absolute Gasteiger partial charge is 0.433 e. The van der Waals surface area contributed by atoms with Gasteiger partial charge in [0, 0.05) is 18.6 Å². The van der Waals surface area contributed by atoms with Gasteiger partial charge in [-0.3, -0.25) is 10.1 Å². The third-order valence-corrected chi connectivity index (χ3v) is 5.71. The number of aryl methyl sites for hydroxylation is 1. The molecule has 0 aliphatic carbocycles. The molecule has 0 radical (unpaired) electrons. The number of nitro groups is 1. The topological polar surface area (TPSA) is 128 Å². The highest BCUT2D eigenvalue weighted by molar-refractivity contribution is 5.78. The van der Waals surface area contributed by atoms with Crippen molar-refractivity contribution in [3.05, 3.63) is 58.6 Å². The number of aromatic nitrogens is 1. The van der Waals surface area contributed by atoms with E-state index in [4.69, 9.17) is 5.73 Å². The first-order chi connectivity index (χ1) is 17.5. The minimum absolute atomic E-state index is 0.144. The molecule has 0 saturated carbocycles. The van der Waals surface area contributed by atoms with E-state index in [0.717, 1.165) is 6.21 Å². The summed E-state index contributed by atoms with van der Waals surface area (Å²) >= 11 is 0. The van der Waals surface area contributed by atoms with Gasteiger partial charge < -0.3 is 10.2 Å². The Balaban J connectivity index is 0.000000397. The summed E-state index contributed by atoms with van der Waals surface area (Å²) < 4.78 is 6.98. The standard InChI is InChI=1S/C21H38N.C6H6N4O4/c1-2-3-4-5-6-7-8-9-10-11-12-13-14-16-19-22-20-17-15-18-21-22;7-6(11)9-8-3-4-1-2-5(14-4)10(12)13/h15,17-18,20-21H,2-14,16,19H2,1H3;1-3H,(H3,7,9,11)/q+1;/b;8-3+. The van der Waals surface area contributed by atoms with Crippen LogP contribution in [0.15, 0.2) is 52.2 Å². The molecule has 9 nitrogen and oxygen atoms in total. The maximum absolute atomic E-state index is 10.2. The van der Waals surface area contributed by atoms with E-state index in [-0.39, 0.29) is 5.76 Å². The van der Waals surface area contributed by atoms with E-state index in [1.165, 1.54) is 109 Å². The number of urea groups is 1. The van der Waals surface area contributed by atoms with Gasteiger partial charge in [0.25, 0.3) is 0 Å². The summed E-state index contributed by atoms with van der Waals surface area (Å²) in [6, 6.07) is 7.99. The lowest BCUT2D eigenvalue weighted by Crippen LogP contribution is -2.32. The van der Waals surface area contributed by atoms with Crippen LogP contribution >= 0.6 is 0 Å². The molecule has 0 aromatic carbocycles. The lowest BCUT2D eigenvalue weighted by molar-refractivity contribution is -0.697. The van der Waals surface area contributed by atoms with E-state index in [9.17, 15) is 14.9 Å². The number of hydrogen-bond donors (Lipinski definition) is 2. The van der Waals surface area contributed by atoms with Crippen molar-refractivity contribution in [2.45, 2.75) is 103 Å². The summed E-state index contributed by atoms with van der Waals surface area (Å²) in [7, 11) is 0. The highest BCUT2D eigenvalue weighted by Gasteiger charge is 2.10. The van der Waals surface area contributed by atoms with Gasteiger partial charge in [-0.05, 0) is 12.5 Å². The molecule has 0 bridgehead atoms. The average molecular weight is 503 g/mol. The van der Waals surface area contributed by atoms with Crippen LogP contribution in [0.1, 0.15) is 103 Å². The Morgan fingerprint density at radius 3 is 1.94 bits per heavy atom. The van der Waals surface area contributed by atoms with Crippen LogP contribution in [0.5, 0.6) is 0 Å². The van der Waals surface area contributed by atoms with E-state index in [1.807, 2.05) is 5.43 Å². The molecule has 0 unspecified atom stereocenters. The molecule has 2 amide bonds. The molecule has 36 heavy (non-hydrogen) atoms. The minimum atomic E-state index is -0.831. The van der Waals surface area contributed by atoms with E-state index in [0.29, 0.717) is 0 Å². The van der Waals surface area contributed by atoms with Crippen LogP contribution < -0.4 is 15.7 Å². The summed E-state index contributed by atoms with van der Waals surface area (Å²) in [5.41, 5.74) is 6.62. The Morgan fingerprint density at radius 1 is 0.944 bits per heavy atom. The first-order valence-electron chi connectivity index (χ1n) is 13.3. The van der Waals surface area contributed by atoms with Gasteiger partial charge in [0.1, 0.15) is 11.5 Å². The first kappa shape index (κ1) is 30.8. The van der Waals surface area contributed by atoms with Crippen LogP contribution in [0, 0.1) is 10.1 Å². The number of unbranched alkanes of at least 4 members (excludes halogenated alkanes) is 13. The number of hydrazone groups is 1. The van der Waals surface area contributed by atoms with Crippen molar-refractivity contribution >= 4 is 18.1 Å². The fourth-order valence-electron chi connectivity index (χ4n) is 3.74. The number of nitrogens with two attached hydrogens (primary N) is 1. The number of amides is 2. The number of pyridine rings is 1. The Kier molecular flexibility index (Phi) is 18.0. The van der Waals surface area contributed by atoms with Crippen molar-refractivity contribution < 1.29 is 18.7 Å². The van der Waals surface area contributed by atoms with Crippen molar-refractivity contribution in [2.75, 3.05) is 0 Å². The molecular formula is C27H44N5O4+. The maximum Gasteiger partial charge on any atom is 0.433 e. The third kappa shape index (κ3) is 17.2. The number of rotatable bonds is 18. The highest BCUT2D eigenvalue weighted by atomic mass is 16.6. The molecule has 2 rings (SSSR count). The Morgan fingerprint density at radius 2 is 1.47 bits per heavy atom. The van der Waals surface area contributed by atoms with Crippen molar-refractivity contribution in [1.82, 2.24) is 5.43 Å². The number of nitrogens with one attached hydrogen (secondary N) is 1. The second kappa shape index (κ2) is 21.1. The monoisotopic (exact) mass is 502 g/mol. The summed E-state index contributed by atoms with van der Waals surface area (Å²) in [5, 5.41) is 13.5. The molecule has 0 spiro atoms. The number of furan rings is 1. The third-order valence-electron chi connectivity index (χ3n) is 5.71. The van der Waals surface area contributed by atoms with E-state index >= 15 is 0 Å². The fourth-order valence-corrected chi connectivity index (χ4v) is 3.74. The summed E-state index contributed by atoms with van der Waals surface area (Å²) in [5.74, 6) is -0.254. The van der Waals surface area contributed by atoms with E-state index in [1.54, 1.807) is 0 Å². The zero-order valence-corrected chi connectivity index (χ0v) is 21.8. The number of nitrogens with zero attached hydrogens (tertiary/aromatic N) is 3. The molecule has 2 aromatic heterocycles. The summed E-state index contributed by atoms with van der Waals surface area (Å²) in [4.78, 5) is 19.7. The number of carbonyl (C=O) groups is 1. The zero-order chi connectivity index (χ0) is 26.3. The molecule has 0 atom stereocenters. The molecule has 2 aromatic rings. The molecule has 0 fully saturated rings. The van der Waals surface area contributed by atoms with Gasteiger partial charge in [0.15, 0.2) is 18.2 Å². The zero-order valence-electron chi connectivity index (χ0n) is 21.8. The molecule has 2 heterocycles.